The first-order valence-electron chi connectivity index (χ1n) is 3.61. The fraction of sp³-hybridized carbons (Fsp3) is 0.125. The van der Waals surface area contributed by atoms with Crippen molar-refractivity contribution >= 4 is 11.6 Å². The van der Waals surface area contributed by atoms with Gasteiger partial charge in [-0.3, -0.25) is 0 Å². The van der Waals surface area contributed by atoms with E-state index < -0.39 is 0 Å². The van der Waals surface area contributed by atoms with Crippen molar-refractivity contribution in [1.82, 2.24) is 0 Å². The van der Waals surface area contributed by atoms with E-state index in [1.54, 1.807) is 0 Å². The van der Waals surface area contributed by atoms with Gasteiger partial charge in [-0.25, -0.2) is 4.99 Å². The SMILES string of the molecule is NCc1ccccc1N=C(N)N. The van der Waals surface area contributed by atoms with Crippen molar-refractivity contribution in [2.75, 3.05) is 0 Å². The average Bonchev–Trinajstić information content (AvgIpc) is 2.04. The average molecular weight is 164 g/mol. The van der Waals surface area contributed by atoms with E-state index >= 15 is 0 Å². The van der Waals surface area contributed by atoms with Crippen molar-refractivity contribution < 1.29 is 0 Å². The molecule has 4 heteroatoms. The minimum absolute atomic E-state index is 0.0518. The molecular weight excluding hydrogens is 152 g/mol. The van der Waals surface area contributed by atoms with Gasteiger partial charge >= 0.3 is 0 Å². The number of hydrogen-bond acceptors (Lipinski definition) is 2. The van der Waals surface area contributed by atoms with Crippen molar-refractivity contribution in [3.63, 3.8) is 0 Å². The number of para-hydroxylation sites is 1. The van der Waals surface area contributed by atoms with Crippen molar-refractivity contribution in [2.24, 2.45) is 22.2 Å². The van der Waals surface area contributed by atoms with Gasteiger partial charge in [-0.15, -0.1) is 0 Å². The van der Waals surface area contributed by atoms with Crippen LogP contribution in [-0.2, 0) is 6.54 Å². The molecule has 6 N–H and O–H groups in total. The van der Waals surface area contributed by atoms with Gasteiger partial charge < -0.3 is 17.2 Å². The summed E-state index contributed by atoms with van der Waals surface area (Å²) >= 11 is 0. The number of guanidine groups is 1. The van der Waals surface area contributed by atoms with Gasteiger partial charge in [0.2, 0.25) is 0 Å². The molecule has 0 unspecified atom stereocenters. The molecule has 0 saturated carbocycles. The molecule has 0 aliphatic heterocycles. The molecule has 0 atom stereocenters. The molecule has 1 rings (SSSR count). The van der Waals surface area contributed by atoms with Gasteiger partial charge in [0, 0.05) is 6.54 Å². The molecule has 0 aliphatic rings. The zero-order valence-electron chi connectivity index (χ0n) is 6.70. The Morgan fingerprint density at radius 1 is 1.25 bits per heavy atom. The lowest BCUT2D eigenvalue weighted by atomic mass is 10.2. The number of nitrogens with zero attached hydrogens (tertiary/aromatic N) is 1. The highest BCUT2D eigenvalue weighted by atomic mass is 15.0. The number of rotatable bonds is 2. The molecule has 0 radical (unpaired) electrons. The number of nitrogens with two attached hydrogens (primary N) is 3. The monoisotopic (exact) mass is 164 g/mol. The topological polar surface area (TPSA) is 90.4 Å². The Morgan fingerprint density at radius 3 is 2.50 bits per heavy atom. The van der Waals surface area contributed by atoms with E-state index in [9.17, 15) is 0 Å². The summed E-state index contributed by atoms with van der Waals surface area (Å²) in [7, 11) is 0. The molecule has 12 heavy (non-hydrogen) atoms. The van der Waals surface area contributed by atoms with E-state index in [2.05, 4.69) is 4.99 Å². The first kappa shape index (κ1) is 8.55. The Kier molecular flexibility index (Phi) is 2.66. The van der Waals surface area contributed by atoms with Crippen LogP contribution < -0.4 is 17.2 Å². The molecule has 0 fully saturated rings. The molecule has 1 aromatic rings. The Hall–Kier alpha value is -1.55. The molecular formula is C8H12N4. The molecule has 4 nitrogen and oxygen atoms in total. The first-order chi connectivity index (χ1) is 5.74. The molecule has 1 aromatic carbocycles. The third-order valence-electron chi connectivity index (χ3n) is 1.46. The predicted octanol–water partition coefficient (Wildman–Crippen LogP) is 0.0502. The highest BCUT2D eigenvalue weighted by Crippen LogP contribution is 2.16. The second-order valence-electron chi connectivity index (χ2n) is 2.37. The summed E-state index contributed by atoms with van der Waals surface area (Å²) in [6.45, 7) is 0.437. The Bertz CT molecular complexity index is 289. The number of benzene rings is 1. The van der Waals surface area contributed by atoms with E-state index in [1.807, 2.05) is 24.3 Å². The lowest BCUT2D eigenvalue weighted by Crippen LogP contribution is -2.22. The molecule has 0 spiro atoms. The van der Waals surface area contributed by atoms with Crippen LogP contribution in [0.1, 0.15) is 5.56 Å². The highest BCUT2D eigenvalue weighted by molar-refractivity contribution is 5.79. The van der Waals surface area contributed by atoms with E-state index in [1.165, 1.54) is 0 Å². The van der Waals surface area contributed by atoms with Crippen LogP contribution in [0.2, 0.25) is 0 Å². The van der Waals surface area contributed by atoms with Gasteiger partial charge in [-0.05, 0) is 11.6 Å². The Labute approximate surface area is 71.1 Å². The minimum Gasteiger partial charge on any atom is -0.370 e. The van der Waals surface area contributed by atoms with E-state index in [4.69, 9.17) is 17.2 Å². The molecule has 0 amide bonds. The second-order valence-corrected chi connectivity index (χ2v) is 2.37. The summed E-state index contributed by atoms with van der Waals surface area (Å²) in [5.74, 6) is 0.0518. The molecule has 0 heterocycles. The van der Waals surface area contributed by atoms with Gasteiger partial charge in [-0.2, -0.15) is 0 Å². The van der Waals surface area contributed by atoms with Crippen LogP contribution in [0.5, 0.6) is 0 Å². The zero-order valence-corrected chi connectivity index (χ0v) is 6.70. The maximum Gasteiger partial charge on any atom is 0.191 e. The number of aliphatic imine (C=N–C) groups is 1. The van der Waals surface area contributed by atoms with Gasteiger partial charge in [-0.1, -0.05) is 18.2 Å². The smallest absolute Gasteiger partial charge is 0.191 e. The predicted molar refractivity (Wildman–Crippen MR) is 49.8 cm³/mol. The molecule has 0 aromatic heterocycles. The summed E-state index contributed by atoms with van der Waals surface area (Å²) in [6.07, 6.45) is 0. The van der Waals surface area contributed by atoms with Crippen molar-refractivity contribution in [1.29, 1.82) is 0 Å². The third kappa shape index (κ3) is 1.96. The van der Waals surface area contributed by atoms with Crippen molar-refractivity contribution in [3.05, 3.63) is 29.8 Å². The summed E-state index contributed by atoms with van der Waals surface area (Å²) in [6, 6.07) is 7.47. The van der Waals surface area contributed by atoms with Gasteiger partial charge in [0.15, 0.2) is 5.96 Å². The van der Waals surface area contributed by atoms with Crippen LogP contribution in [0.15, 0.2) is 29.3 Å². The quantitative estimate of drug-likeness (QED) is 0.426. The zero-order chi connectivity index (χ0) is 8.97. The fourth-order valence-electron chi connectivity index (χ4n) is 0.932. The maximum absolute atomic E-state index is 5.48. The normalized spacial score (nSPS) is 9.42. The first-order valence-corrected chi connectivity index (χ1v) is 3.61. The van der Waals surface area contributed by atoms with Crippen molar-refractivity contribution in [3.8, 4) is 0 Å². The van der Waals surface area contributed by atoms with E-state index in [-0.39, 0.29) is 5.96 Å². The molecule has 0 saturated heterocycles. The minimum atomic E-state index is 0.0518. The highest BCUT2D eigenvalue weighted by Gasteiger charge is 1.96. The van der Waals surface area contributed by atoms with Gasteiger partial charge in [0.25, 0.3) is 0 Å². The number of hydrogen-bond donors (Lipinski definition) is 3. The van der Waals surface area contributed by atoms with Crippen LogP contribution in [0, 0.1) is 0 Å². The molecule has 0 bridgehead atoms. The Balaban J connectivity index is 3.05. The van der Waals surface area contributed by atoms with Crippen LogP contribution in [0.25, 0.3) is 0 Å². The summed E-state index contributed by atoms with van der Waals surface area (Å²) < 4.78 is 0. The van der Waals surface area contributed by atoms with Gasteiger partial charge in [0.05, 0.1) is 5.69 Å². The summed E-state index contributed by atoms with van der Waals surface area (Å²) in [5.41, 5.74) is 17.6. The Morgan fingerprint density at radius 2 is 1.92 bits per heavy atom. The van der Waals surface area contributed by atoms with Gasteiger partial charge in [0.1, 0.15) is 0 Å². The lowest BCUT2D eigenvalue weighted by Gasteiger charge is -2.01. The standard InChI is InChI=1S/C8H12N4/c9-5-6-3-1-2-4-7(6)12-8(10)11/h1-4H,5,9H2,(H4,10,11,12). The summed E-state index contributed by atoms with van der Waals surface area (Å²) in [4.78, 5) is 3.92. The summed E-state index contributed by atoms with van der Waals surface area (Å²) in [5, 5.41) is 0. The van der Waals surface area contributed by atoms with Crippen LogP contribution in [0.3, 0.4) is 0 Å². The van der Waals surface area contributed by atoms with Crippen molar-refractivity contribution in [2.45, 2.75) is 6.54 Å². The second kappa shape index (κ2) is 3.73. The maximum atomic E-state index is 5.48. The van der Waals surface area contributed by atoms with E-state index in [0.29, 0.717) is 6.54 Å². The van der Waals surface area contributed by atoms with Crippen LogP contribution in [-0.4, -0.2) is 5.96 Å². The lowest BCUT2D eigenvalue weighted by molar-refractivity contribution is 1.07. The molecule has 0 aliphatic carbocycles. The fourth-order valence-corrected chi connectivity index (χ4v) is 0.932. The van der Waals surface area contributed by atoms with E-state index in [0.717, 1.165) is 11.3 Å². The largest absolute Gasteiger partial charge is 0.370 e. The van der Waals surface area contributed by atoms with Crippen LogP contribution in [0.4, 0.5) is 5.69 Å². The van der Waals surface area contributed by atoms with Crippen LogP contribution >= 0.6 is 0 Å². The molecule has 64 valence electrons. The third-order valence-corrected chi connectivity index (χ3v) is 1.46.